The van der Waals surface area contributed by atoms with Gasteiger partial charge in [0.2, 0.25) is 5.88 Å². The summed E-state index contributed by atoms with van der Waals surface area (Å²) in [5.74, 6) is 1.42. The zero-order valence-corrected chi connectivity index (χ0v) is 16.1. The molecule has 0 saturated carbocycles. The zero-order valence-electron chi connectivity index (χ0n) is 13.8. The minimum Gasteiger partial charge on any atom is -0.475 e. The van der Waals surface area contributed by atoms with Crippen molar-refractivity contribution in [2.45, 2.75) is 33.4 Å². The van der Waals surface area contributed by atoms with Crippen molar-refractivity contribution < 1.29 is 9.47 Å². The van der Waals surface area contributed by atoms with Crippen molar-refractivity contribution in [1.82, 2.24) is 15.6 Å². The van der Waals surface area contributed by atoms with E-state index in [1.165, 1.54) is 0 Å². The van der Waals surface area contributed by atoms with Crippen LogP contribution in [-0.4, -0.2) is 43.9 Å². The Kier molecular flexibility index (Phi) is 11.8. The minimum absolute atomic E-state index is 0. The molecule has 1 aromatic rings. The molecule has 1 aromatic heterocycles. The van der Waals surface area contributed by atoms with Gasteiger partial charge in [-0.25, -0.2) is 9.98 Å². The van der Waals surface area contributed by atoms with Crippen LogP contribution in [0, 0.1) is 0 Å². The number of halogens is 1. The molecule has 2 N–H and O–H groups in total. The fourth-order valence-corrected chi connectivity index (χ4v) is 1.60. The molecule has 1 rings (SSSR count). The minimum atomic E-state index is 0. The standard InChI is InChI=1S/C15H26N4O2.HI/c1-5-16-15(17-8-9-20-4)19-11-13-6-7-14(18-10-13)21-12(2)3;/h6-7,10,12H,5,8-9,11H2,1-4H3,(H2,16,17,19);1H. The number of methoxy groups -OCH3 is 1. The second-order valence-electron chi connectivity index (χ2n) is 4.79. The molecule has 6 nitrogen and oxygen atoms in total. The van der Waals surface area contributed by atoms with E-state index in [1.807, 2.05) is 32.9 Å². The topological polar surface area (TPSA) is 67.8 Å². The van der Waals surface area contributed by atoms with E-state index in [-0.39, 0.29) is 30.1 Å². The maximum atomic E-state index is 5.51. The predicted molar refractivity (Wildman–Crippen MR) is 100 cm³/mol. The van der Waals surface area contributed by atoms with Crippen LogP contribution in [0.2, 0.25) is 0 Å². The third-order valence-electron chi connectivity index (χ3n) is 2.52. The molecule has 7 heteroatoms. The van der Waals surface area contributed by atoms with Gasteiger partial charge < -0.3 is 20.1 Å². The number of aliphatic imine (C=N–C) groups is 1. The molecular formula is C15H27IN4O2. The van der Waals surface area contributed by atoms with Crippen molar-refractivity contribution in [2.24, 2.45) is 4.99 Å². The van der Waals surface area contributed by atoms with Gasteiger partial charge in [-0.15, -0.1) is 24.0 Å². The first-order valence-electron chi connectivity index (χ1n) is 7.28. The van der Waals surface area contributed by atoms with E-state index in [2.05, 4.69) is 20.6 Å². The van der Waals surface area contributed by atoms with Crippen molar-refractivity contribution in [1.29, 1.82) is 0 Å². The number of nitrogens with zero attached hydrogens (tertiary/aromatic N) is 2. The van der Waals surface area contributed by atoms with Crippen LogP contribution < -0.4 is 15.4 Å². The summed E-state index contributed by atoms with van der Waals surface area (Å²) in [6, 6.07) is 3.85. The number of hydrogen-bond acceptors (Lipinski definition) is 4. The Labute approximate surface area is 150 Å². The largest absolute Gasteiger partial charge is 0.475 e. The molecule has 0 radical (unpaired) electrons. The number of pyridine rings is 1. The summed E-state index contributed by atoms with van der Waals surface area (Å²) in [5.41, 5.74) is 1.04. The normalized spacial score (nSPS) is 11.0. The lowest BCUT2D eigenvalue weighted by Crippen LogP contribution is -2.38. The van der Waals surface area contributed by atoms with Crippen molar-refractivity contribution in [3.8, 4) is 5.88 Å². The molecule has 0 spiro atoms. The molecule has 0 unspecified atom stereocenters. The summed E-state index contributed by atoms with van der Waals surface area (Å²) in [7, 11) is 1.68. The molecular weight excluding hydrogens is 395 g/mol. The van der Waals surface area contributed by atoms with Gasteiger partial charge in [-0.3, -0.25) is 0 Å². The lowest BCUT2D eigenvalue weighted by molar-refractivity contribution is 0.203. The van der Waals surface area contributed by atoms with Gasteiger partial charge in [-0.2, -0.15) is 0 Å². The van der Waals surface area contributed by atoms with E-state index in [1.54, 1.807) is 13.3 Å². The molecule has 126 valence electrons. The second-order valence-corrected chi connectivity index (χ2v) is 4.79. The average molecular weight is 422 g/mol. The number of guanidine groups is 1. The SMILES string of the molecule is CCNC(=NCc1ccc(OC(C)C)nc1)NCCOC.I. The first kappa shape index (κ1) is 20.9. The molecule has 0 saturated heterocycles. The molecule has 0 aliphatic carbocycles. The highest BCUT2D eigenvalue weighted by Gasteiger charge is 2.00. The lowest BCUT2D eigenvalue weighted by Gasteiger charge is -2.11. The summed E-state index contributed by atoms with van der Waals surface area (Å²) in [4.78, 5) is 8.77. The Morgan fingerprint density at radius 2 is 2.09 bits per heavy atom. The molecule has 0 bridgehead atoms. The molecule has 0 fully saturated rings. The van der Waals surface area contributed by atoms with Crippen LogP contribution in [-0.2, 0) is 11.3 Å². The first-order valence-corrected chi connectivity index (χ1v) is 7.28. The molecule has 0 aliphatic rings. The van der Waals surface area contributed by atoms with Crippen LogP contribution in [0.3, 0.4) is 0 Å². The Hall–Kier alpha value is -1.09. The van der Waals surface area contributed by atoms with E-state index in [0.717, 1.165) is 24.6 Å². The Morgan fingerprint density at radius 1 is 1.32 bits per heavy atom. The number of hydrogen-bond donors (Lipinski definition) is 2. The molecule has 0 aliphatic heterocycles. The van der Waals surface area contributed by atoms with Crippen LogP contribution in [0.15, 0.2) is 23.3 Å². The Bertz CT molecular complexity index is 424. The van der Waals surface area contributed by atoms with E-state index in [4.69, 9.17) is 9.47 Å². The highest BCUT2D eigenvalue weighted by atomic mass is 127. The van der Waals surface area contributed by atoms with Crippen LogP contribution in [0.1, 0.15) is 26.3 Å². The summed E-state index contributed by atoms with van der Waals surface area (Å²) in [6.07, 6.45) is 1.92. The quantitative estimate of drug-likeness (QED) is 0.291. The van der Waals surface area contributed by atoms with Gasteiger partial charge in [0.15, 0.2) is 5.96 Å². The molecule has 22 heavy (non-hydrogen) atoms. The summed E-state index contributed by atoms with van der Waals surface area (Å²) < 4.78 is 10.5. The van der Waals surface area contributed by atoms with E-state index < -0.39 is 0 Å². The second kappa shape index (κ2) is 12.5. The third-order valence-corrected chi connectivity index (χ3v) is 2.52. The van der Waals surface area contributed by atoms with Crippen LogP contribution in [0.4, 0.5) is 0 Å². The van der Waals surface area contributed by atoms with Crippen molar-refractivity contribution in [3.63, 3.8) is 0 Å². The van der Waals surface area contributed by atoms with Crippen molar-refractivity contribution >= 4 is 29.9 Å². The van der Waals surface area contributed by atoms with Gasteiger partial charge in [-0.05, 0) is 26.3 Å². The van der Waals surface area contributed by atoms with E-state index in [9.17, 15) is 0 Å². The molecule has 1 heterocycles. The molecule has 0 aromatic carbocycles. The maximum absolute atomic E-state index is 5.51. The number of ether oxygens (including phenoxy) is 2. The average Bonchev–Trinajstić information content (AvgIpc) is 2.46. The van der Waals surface area contributed by atoms with Gasteiger partial charge in [-0.1, -0.05) is 6.07 Å². The van der Waals surface area contributed by atoms with Gasteiger partial charge in [0.05, 0.1) is 19.3 Å². The predicted octanol–water partition coefficient (Wildman–Crippen LogP) is 2.19. The smallest absolute Gasteiger partial charge is 0.213 e. The monoisotopic (exact) mass is 422 g/mol. The maximum Gasteiger partial charge on any atom is 0.213 e. The lowest BCUT2D eigenvalue weighted by atomic mass is 10.3. The summed E-state index contributed by atoms with van der Waals surface area (Å²) in [6.45, 7) is 8.75. The van der Waals surface area contributed by atoms with Crippen LogP contribution in [0.5, 0.6) is 5.88 Å². The van der Waals surface area contributed by atoms with Gasteiger partial charge in [0, 0.05) is 32.5 Å². The molecule has 0 amide bonds. The highest BCUT2D eigenvalue weighted by Crippen LogP contribution is 2.10. The Balaban J connectivity index is 0.00000441. The number of nitrogens with one attached hydrogen (secondary N) is 2. The Morgan fingerprint density at radius 3 is 2.64 bits per heavy atom. The van der Waals surface area contributed by atoms with E-state index in [0.29, 0.717) is 19.0 Å². The summed E-state index contributed by atoms with van der Waals surface area (Å²) >= 11 is 0. The van der Waals surface area contributed by atoms with Crippen LogP contribution in [0.25, 0.3) is 0 Å². The van der Waals surface area contributed by atoms with Crippen molar-refractivity contribution in [3.05, 3.63) is 23.9 Å². The van der Waals surface area contributed by atoms with Gasteiger partial charge in [0.1, 0.15) is 0 Å². The zero-order chi connectivity index (χ0) is 15.5. The number of aromatic nitrogens is 1. The summed E-state index contributed by atoms with van der Waals surface area (Å²) in [5, 5.41) is 6.39. The third kappa shape index (κ3) is 9.04. The number of rotatable bonds is 8. The van der Waals surface area contributed by atoms with Crippen LogP contribution >= 0.6 is 24.0 Å². The fraction of sp³-hybridized carbons (Fsp3) is 0.600. The first-order chi connectivity index (χ1) is 10.2. The van der Waals surface area contributed by atoms with Gasteiger partial charge in [0.25, 0.3) is 0 Å². The van der Waals surface area contributed by atoms with Crippen molar-refractivity contribution in [2.75, 3.05) is 26.8 Å². The van der Waals surface area contributed by atoms with E-state index >= 15 is 0 Å². The van der Waals surface area contributed by atoms with Gasteiger partial charge >= 0.3 is 0 Å². The highest BCUT2D eigenvalue weighted by molar-refractivity contribution is 14.0. The fourth-order valence-electron chi connectivity index (χ4n) is 1.60. The molecule has 0 atom stereocenters.